The van der Waals surface area contributed by atoms with E-state index in [2.05, 4.69) is 88.7 Å². The van der Waals surface area contributed by atoms with Gasteiger partial charge in [0.1, 0.15) is 0 Å². The van der Waals surface area contributed by atoms with Gasteiger partial charge in [-0.2, -0.15) is 11.3 Å². The van der Waals surface area contributed by atoms with Crippen molar-refractivity contribution < 1.29 is 0 Å². The van der Waals surface area contributed by atoms with Crippen LogP contribution >= 0.6 is 35.3 Å². The Bertz CT molecular complexity index is 629. The van der Waals surface area contributed by atoms with Crippen LogP contribution in [0.2, 0.25) is 0 Å². The van der Waals surface area contributed by atoms with Crippen molar-refractivity contribution in [2.45, 2.75) is 25.3 Å². The molecule has 1 aromatic heterocycles. The number of rotatable bonds is 8. The predicted octanol–water partition coefficient (Wildman–Crippen LogP) is 3.81. The second-order valence-corrected chi connectivity index (χ2v) is 7.38. The molecule has 0 amide bonds. The van der Waals surface area contributed by atoms with Gasteiger partial charge in [-0.1, -0.05) is 37.3 Å². The molecule has 0 spiro atoms. The summed E-state index contributed by atoms with van der Waals surface area (Å²) in [4.78, 5) is 6.62. The van der Waals surface area contributed by atoms with Crippen LogP contribution in [-0.4, -0.2) is 51.1 Å². The number of hydrogen-bond acceptors (Lipinski definition) is 3. The van der Waals surface area contributed by atoms with E-state index in [4.69, 9.17) is 0 Å². The third-order valence-electron chi connectivity index (χ3n) is 4.46. The highest BCUT2D eigenvalue weighted by Crippen LogP contribution is 2.16. The molecule has 2 aromatic rings. The highest BCUT2D eigenvalue weighted by molar-refractivity contribution is 14.0. The zero-order chi connectivity index (χ0) is 18.1. The van der Waals surface area contributed by atoms with Gasteiger partial charge in [-0.25, -0.2) is 0 Å². The monoisotopic (exact) mass is 486 g/mol. The Morgan fingerprint density at radius 2 is 1.81 bits per heavy atom. The van der Waals surface area contributed by atoms with Crippen molar-refractivity contribution in [2.24, 2.45) is 4.99 Å². The summed E-state index contributed by atoms with van der Waals surface area (Å²) in [5, 5.41) is 11.3. The molecule has 1 heterocycles. The van der Waals surface area contributed by atoms with E-state index in [1.54, 1.807) is 11.3 Å². The molecule has 6 heteroatoms. The van der Waals surface area contributed by atoms with Gasteiger partial charge in [0.2, 0.25) is 0 Å². The van der Waals surface area contributed by atoms with Crippen LogP contribution in [0.25, 0.3) is 0 Å². The largest absolute Gasteiger partial charge is 0.356 e. The number of hydrogen-bond donors (Lipinski definition) is 2. The molecule has 0 saturated heterocycles. The topological polar surface area (TPSA) is 39.7 Å². The lowest BCUT2D eigenvalue weighted by Crippen LogP contribution is -2.46. The minimum atomic E-state index is 0. The first-order chi connectivity index (χ1) is 12.1. The van der Waals surface area contributed by atoms with Crippen LogP contribution in [-0.2, 0) is 6.42 Å². The summed E-state index contributed by atoms with van der Waals surface area (Å²) in [7, 11) is 6.08. The minimum Gasteiger partial charge on any atom is -0.356 e. The Morgan fingerprint density at radius 3 is 2.38 bits per heavy atom. The fourth-order valence-corrected chi connectivity index (χ4v) is 3.46. The van der Waals surface area contributed by atoms with Crippen LogP contribution in [0.4, 0.5) is 0 Å². The van der Waals surface area contributed by atoms with Crippen LogP contribution in [0, 0.1) is 0 Å². The van der Waals surface area contributed by atoms with Crippen molar-refractivity contribution in [3.63, 3.8) is 0 Å². The van der Waals surface area contributed by atoms with Crippen molar-refractivity contribution in [1.29, 1.82) is 0 Å². The molecule has 0 aliphatic carbocycles. The van der Waals surface area contributed by atoms with Gasteiger partial charge in [0.05, 0.1) is 0 Å². The number of thiophene rings is 1. The number of likely N-dealkylation sites (N-methyl/N-ethyl adjacent to an activating group) is 1. The van der Waals surface area contributed by atoms with Gasteiger partial charge in [0, 0.05) is 26.2 Å². The van der Waals surface area contributed by atoms with E-state index in [1.165, 1.54) is 11.1 Å². The molecular weight excluding hydrogens is 455 g/mol. The normalized spacial score (nSPS) is 13.8. The van der Waals surface area contributed by atoms with Gasteiger partial charge in [-0.05, 0) is 54.4 Å². The maximum atomic E-state index is 4.36. The molecule has 0 radical (unpaired) electrons. The van der Waals surface area contributed by atoms with E-state index in [9.17, 15) is 0 Å². The number of guanidine groups is 1. The number of nitrogens with zero attached hydrogens (tertiary/aromatic N) is 2. The first-order valence-corrected chi connectivity index (χ1v) is 9.71. The molecule has 0 aliphatic heterocycles. The quantitative estimate of drug-likeness (QED) is 0.339. The first kappa shape index (κ1) is 22.9. The Kier molecular flexibility index (Phi) is 10.8. The van der Waals surface area contributed by atoms with E-state index >= 15 is 0 Å². The summed E-state index contributed by atoms with van der Waals surface area (Å²) in [6, 6.07) is 13.2. The van der Waals surface area contributed by atoms with Crippen LogP contribution in [0.3, 0.4) is 0 Å². The maximum absolute atomic E-state index is 4.36. The number of aliphatic imine (C=N–C) groups is 1. The number of halogens is 1. The van der Waals surface area contributed by atoms with Gasteiger partial charge in [-0.15, -0.1) is 24.0 Å². The summed E-state index contributed by atoms with van der Waals surface area (Å²) in [6.45, 7) is 3.97. The molecule has 2 N–H and O–H groups in total. The van der Waals surface area contributed by atoms with Crippen LogP contribution < -0.4 is 10.6 Å². The Morgan fingerprint density at radius 1 is 1.12 bits per heavy atom. The second kappa shape index (κ2) is 12.3. The molecule has 2 atom stereocenters. The molecule has 0 fully saturated rings. The van der Waals surface area contributed by atoms with E-state index in [0.29, 0.717) is 12.0 Å². The van der Waals surface area contributed by atoms with E-state index in [-0.39, 0.29) is 24.0 Å². The lowest BCUT2D eigenvalue weighted by Gasteiger charge is -2.26. The average molecular weight is 486 g/mol. The van der Waals surface area contributed by atoms with Gasteiger partial charge in [-0.3, -0.25) is 4.99 Å². The molecule has 0 bridgehead atoms. The molecule has 26 heavy (non-hydrogen) atoms. The molecule has 144 valence electrons. The van der Waals surface area contributed by atoms with Crippen molar-refractivity contribution in [3.05, 3.63) is 58.3 Å². The van der Waals surface area contributed by atoms with E-state index < -0.39 is 0 Å². The molecule has 2 unspecified atom stereocenters. The zero-order valence-corrected chi connectivity index (χ0v) is 19.3. The summed E-state index contributed by atoms with van der Waals surface area (Å²) < 4.78 is 0. The zero-order valence-electron chi connectivity index (χ0n) is 16.1. The van der Waals surface area contributed by atoms with E-state index in [1.807, 2.05) is 7.05 Å². The average Bonchev–Trinajstić information content (AvgIpc) is 3.16. The third-order valence-corrected chi connectivity index (χ3v) is 5.16. The number of nitrogens with one attached hydrogen (secondary N) is 2. The fraction of sp³-hybridized carbons (Fsp3) is 0.450. The van der Waals surface area contributed by atoms with Crippen molar-refractivity contribution in [1.82, 2.24) is 15.5 Å². The molecule has 0 saturated carbocycles. The van der Waals surface area contributed by atoms with Gasteiger partial charge in [0.25, 0.3) is 0 Å². The summed E-state index contributed by atoms with van der Waals surface area (Å²) in [5.74, 6) is 1.33. The van der Waals surface area contributed by atoms with Gasteiger partial charge >= 0.3 is 0 Å². The highest BCUT2D eigenvalue weighted by Gasteiger charge is 2.13. The molecular formula is C20H31IN4S. The minimum absolute atomic E-state index is 0. The Labute approximate surface area is 179 Å². The van der Waals surface area contributed by atoms with Gasteiger partial charge < -0.3 is 15.5 Å². The Balaban J connectivity index is 0.00000338. The van der Waals surface area contributed by atoms with Crippen LogP contribution in [0.5, 0.6) is 0 Å². The van der Waals surface area contributed by atoms with Crippen LogP contribution in [0.1, 0.15) is 24.0 Å². The maximum Gasteiger partial charge on any atom is 0.191 e. The summed E-state index contributed by atoms with van der Waals surface area (Å²) in [6.07, 6.45) is 1.02. The SMILES string of the molecule is CN=C(NCC(C)c1ccsc1)NCC(Cc1ccccc1)N(C)C.I. The van der Waals surface area contributed by atoms with Gasteiger partial charge in [0.15, 0.2) is 5.96 Å². The van der Waals surface area contributed by atoms with Crippen LogP contribution in [0.15, 0.2) is 52.2 Å². The standard InChI is InChI=1S/C20H30N4S.HI/c1-16(18-10-11-25-15-18)13-22-20(21-2)23-14-19(24(3)4)12-17-8-6-5-7-9-17;/h5-11,15-16,19H,12-14H2,1-4H3,(H2,21,22,23);1H. The molecule has 1 aromatic carbocycles. The lowest BCUT2D eigenvalue weighted by molar-refractivity contribution is 0.290. The van der Waals surface area contributed by atoms with E-state index in [0.717, 1.165) is 25.5 Å². The molecule has 4 nitrogen and oxygen atoms in total. The fourth-order valence-electron chi connectivity index (χ4n) is 2.68. The Hall–Kier alpha value is -1.12. The third kappa shape index (κ3) is 7.63. The molecule has 0 aliphatic rings. The summed E-state index contributed by atoms with van der Waals surface area (Å²) >= 11 is 1.75. The highest BCUT2D eigenvalue weighted by atomic mass is 127. The first-order valence-electron chi connectivity index (χ1n) is 8.77. The molecule has 2 rings (SSSR count). The smallest absolute Gasteiger partial charge is 0.191 e. The number of benzene rings is 1. The lowest BCUT2D eigenvalue weighted by atomic mass is 10.1. The second-order valence-electron chi connectivity index (χ2n) is 6.60. The van der Waals surface area contributed by atoms with Crippen molar-refractivity contribution >= 4 is 41.3 Å². The van der Waals surface area contributed by atoms with Crippen molar-refractivity contribution in [2.75, 3.05) is 34.2 Å². The predicted molar refractivity (Wildman–Crippen MR) is 125 cm³/mol. The van der Waals surface area contributed by atoms with Crippen molar-refractivity contribution in [3.8, 4) is 0 Å². The summed E-state index contributed by atoms with van der Waals surface area (Å²) in [5.41, 5.74) is 2.74.